The fourth-order valence-electron chi connectivity index (χ4n) is 3.44. The molecule has 0 aliphatic carbocycles. The summed E-state index contributed by atoms with van der Waals surface area (Å²) >= 11 is 0. The standard InChI is InChI=1S/C24H22N2O5/c1-4-11-26-17-10-9-15(12-20(17)30-14-24(2,3)23(26)29)25-22(28)21-13-18(27)16-7-5-6-8-19(16)31-21/h4-10,12-13H,1,11,14H2,2-3H3,(H,25,28). The smallest absolute Gasteiger partial charge is 0.291 e. The summed E-state index contributed by atoms with van der Waals surface area (Å²) in [4.78, 5) is 39.5. The minimum Gasteiger partial charge on any atom is -0.490 e. The molecule has 0 saturated heterocycles. The Labute approximate surface area is 178 Å². The molecular weight excluding hydrogens is 396 g/mol. The predicted molar refractivity (Wildman–Crippen MR) is 119 cm³/mol. The Bertz CT molecular complexity index is 1260. The van der Waals surface area contributed by atoms with Gasteiger partial charge in [0.25, 0.3) is 5.91 Å². The average molecular weight is 418 g/mol. The maximum absolute atomic E-state index is 12.9. The van der Waals surface area contributed by atoms with Crippen LogP contribution in [0.2, 0.25) is 0 Å². The van der Waals surface area contributed by atoms with E-state index in [9.17, 15) is 14.4 Å². The molecular formula is C24H22N2O5. The monoisotopic (exact) mass is 418 g/mol. The number of nitrogens with zero attached hydrogens (tertiary/aromatic N) is 1. The molecule has 0 unspecified atom stereocenters. The maximum Gasteiger partial charge on any atom is 0.291 e. The van der Waals surface area contributed by atoms with Crippen molar-refractivity contribution in [2.75, 3.05) is 23.4 Å². The summed E-state index contributed by atoms with van der Waals surface area (Å²) in [6, 6.07) is 12.9. The fourth-order valence-corrected chi connectivity index (χ4v) is 3.44. The van der Waals surface area contributed by atoms with E-state index in [2.05, 4.69) is 11.9 Å². The number of fused-ring (bicyclic) bond motifs is 2. The summed E-state index contributed by atoms with van der Waals surface area (Å²) in [6.07, 6.45) is 1.65. The largest absolute Gasteiger partial charge is 0.490 e. The summed E-state index contributed by atoms with van der Waals surface area (Å²) in [5.74, 6) is -0.251. The van der Waals surface area contributed by atoms with E-state index in [4.69, 9.17) is 9.15 Å². The van der Waals surface area contributed by atoms with Gasteiger partial charge in [0.1, 0.15) is 17.9 Å². The number of hydrogen-bond donors (Lipinski definition) is 1. The Morgan fingerprint density at radius 2 is 1.97 bits per heavy atom. The number of nitrogens with one attached hydrogen (secondary N) is 1. The highest BCUT2D eigenvalue weighted by Crippen LogP contribution is 2.38. The van der Waals surface area contributed by atoms with Crippen LogP contribution in [0.25, 0.3) is 11.0 Å². The van der Waals surface area contributed by atoms with Gasteiger partial charge in [-0.3, -0.25) is 14.4 Å². The summed E-state index contributed by atoms with van der Waals surface area (Å²) in [7, 11) is 0. The third-order valence-corrected chi connectivity index (χ3v) is 5.09. The number of carbonyl (C=O) groups is 2. The molecule has 158 valence electrons. The molecule has 1 aliphatic heterocycles. The second-order valence-electron chi connectivity index (χ2n) is 7.98. The average Bonchev–Trinajstić information content (AvgIpc) is 2.84. The van der Waals surface area contributed by atoms with Crippen molar-refractivity contribution < 1.29 is 18.7 Å². The lowest BCUT2D eigenvalue weighted by molar-refractivity contribution is -0.127. The zero-order valence-electron chi connectivity index (χ0n) is 17.3. The zero-order chi connectivity index (χ0) is 22.2. The van der Waals surface area contributed by atoms with E-state index in [0.29, 0.717) is 34.6 Å². The molecule has 1 aromatic heterocycles. The second-order valence-corrected chi connectivity index (χ2v) is 7.98. The number of hydrogen-bond acceptors (Lipinski definition) is 5. The fraction of sp³-hybridized carbons (Fsp3) is 0.208. The van der Waals surface area contributed by atoms with Gasteiger partial charge in [0.2, 0.25) is 5.91 Å². The van der Waals surface area contributed by atoms with Crippen molar-refractivity contribution in [3.63, 3.8) is 0 Å². The number of para-hydroxylation sites is 1. The summed E-state index contributed by atoms with van der Waals surface area (Å²) in [5.41, 5.74) is 0.389. The van der Waals surface area contributed by atoms with E-state index in [1.165, 1.54) is 6.07 Å². The van der Waals surface area contributed by atoms with Gasteiger partial charge in [-0.25, -0.2) is 0 Å². The number of rotatable bonds is 4. The lowest BCUT2D eigenvalue weighted by atomic mass is 9.93. The number of amides is 2. The van der Waals surface area contributed by atoms with Crippen LogP contribution in [-0.2, 0) is 4.79 Å². The van der Waals surface area contributed by atoms with Gasteiger partial charge in [-0.15, -0.1) is 6.58 Å². The number of benzene rings is 2. The Morgan fingerprint density at radius 3 is 2.74 bits per heavy atom. The molecule has 4 rings (SSSR count). The molecule has 2 amide bonds. The van der Waals surface area contributed by atoms with Gasteiger partial charge >= 0.3 is 0 Å². The van der Waals surface area contributed by atoms with Crippen molar-refractivity contribution >= 4 is 34.2 Å². The third-order valence-electron chi connectivity index (χ3n) is 5.09. The van der Waals surface area contributed by atoms with Crippen LogP contribution in [-0.4, -0.2) is 25.0 Å². The third kappa shape index (κ3) is 3.82. The van der Waals surface area contributed by atoms with Crippen LogP contribution in [0.1, 0.15) is 24.4 Å². The number of anilines is 2. The first kappa shape index (κ1) is 20.4. The first-order chi connectivity index (χ1) is 14.8. The molecule has 1 N–H and O–H groups in total. The van der Waals surface area contributed by atoms with Crippen molar-refractivity contribution in [3.05, 3.63) is 77.2 Å². The summed E-state index contributed by atoms with van der Waals surface area (Å²) in [6.45, 7) is 7.91. The van der Waals surface area contributed by atoms with Crippen LogP contribution in [0.3, 0.4) is 0 Å². The predicted octanol–water partition coefficient (Wildman–Crippen LogP) is 3.98. The summed E-state index contributed by atoms with van der Waals surface area (Å²) in [5, 5.41) is 3.13. The van der Waals surface area contributed by atoms with Gasteiger partial charge in [-0.1, -0.05) is 18.2 Å². The molecule has 0 fully saturated rings. The van der Waals surface area contributed by atoms with E-state index in [0.717, 1.165) is 0 Å². The molecule has 2 aromatic carbocycles. The van der Waals surface area contributed by atoms with Crippen LogP contribution in [0.15, 0.2) is 70.4 Å². The second kappa shape index (κ2) is 7.75. The van der Waals surface area contributed by atoms with Crippen LogP contribution >= 0.6 is 0 Å². The molecule has 0 radical (unpaired) electrons. The van der Waals surface area contributed by atoms with E-state index < -0.39 is 11.3 Å². The van der Waals surface area contributed by atoms with Gasteiger partial charge in [-0.05, 0) is 38.1 Å². The van der Waals surface area contributed by atoms with Gasteiger partial charge in [0, 0.05) is 24.4 Å². The van der Waals surface area contributed by atoms with Gasteiger partial charge in [0.15, 0.2) is 11.2 Å². The topological polar surface area (TPSA) is 88.9 Å². The molecule has 7 nitrogen and oxygen atoms in total. The molecule has 0 saturated carbocycles. The SMILES string of the molecule is C=CCN1C(=O)C(C)(C)COc2cc(NC(=O)c3cc(=O)c4ccccc4o3)ccc21. The van der Waals surface area contributed by atoms with Gasteiger partial charge in [0.05, 0.1) is 16.5 Å². The normalized spacial score (nSPS) is 15.0. The van der Waals surface area contributed by atoms with Crippen molar-refractivity contribution in [2.24, 2.45) is 5.41 Å². The van der Waals surface area contributed by atoms with E-state index in [1.807, 2.05) is 13.8 Å². The quantitative estimate of drug-likeness (QED) is 0.648. The minimum atomic E-state index is -0.708. The lowest BCUT2D eigenvalue weighted by Crippen LogP contribution is -2.42. The first-order valence-corrected chi connectivity index (χ1v) is 9.84. The molecule has 3 aromatic rings. The Morgan fingerprint density at radius 1 is 1.19 bits per heavy atom. The van der Waals surface area contributed by atoms with Crippen molar-refractivity contribution in [1.29, 1.82) is 0 Å². The molecule has 1 aliphatic rings. The number of carbonyl (C=O) groups excluding carboxylic acids is 2. The lowest BCUT2D eigenvalue weighted by Gasteiger charge is -2.27. The maximum atomic E-state index is 12.9. The van der Waals surface area contributed by atoms with Crippen molar-refractivity contribution in [3.8, 4) is 5.75 Å². The van der Waals surface area contributed by atoms with Crippen molar-refractivity contribution in [1.82, 2.24) is 0 Å². The van der Waals surface area contributed by atoms with Gasteiger partial charge in [-0.2, -0.15) is 0 Å². The van der Waals surface area contributed by atoms with E-state index in [-0.39, 0.29) is 23.7 Å². The molecule has 2 heterocycles. The van der Waals surface area contributed by atoms with Crippen LogP contribution < -0.4 is 20.4 Å². The molecule has 7 heteroatoms. The minimum absolute atomic E-state index is 0.0686. The number of ether oxygens (including phenoxy) is 1. The Balaban J connectivity index is 1.65. The highest BCUT2D eigenvalue weighted by molar-refractivity contribution is 6.04. The highest BCUT2D eigenvalue weighted by atomic mass is 16.5. The van der Waals surface area contributed by atoms with Crippen LogP contribution in [0.4, 0.5) is 11.4 Å². The Hall–Kier alpha value is -3.87. The molecule has 31 heavy (non-hydrogen) atoms. The Kier molecular flexibility index (Phi) is 5.10. The molecule has 0 atom stereocenters. The van der Waals surface area contributed by atoms with Crippen LogP contribution in [0, 0.1) is 5.41 Å². The first-order valence-electron chi connectivity index (χ1n) is 9.84. The van der Waals surface area contributed by atoms with Crippen LogP contribution in [0.5, 0.6) is 5.75 Å². The van der Waals surface area contributed by atoms with E-state index >= 15 is 0 Å². The molecule has 0 spiro atoms. The summed E-state index contributed by atoms with van der Waals surface area (Å²) < 4.78 is 11.5. The zero-order valence-corrected chi connectivity index (χ0v) is 17.3. The molecule has 0 bridgehead atoms. The van der Waals surface area contributed by atoms with Gasteiger partial charge < -0.3 is 19.4 Å². The van der Waals surface area contributed by atoms with E-state index in [1.54, 1.807) is 53.4 Å². The highest BCUT2D eigenvalue weighted by Gasteiger charge is 2.37. The van der Waals surface area contributed by atoms with Crippen molar-refractivity contribution in [2.45, 2.75) is 13.8 Å².